The van der Waals surface area contributed by atoms with E-state index in [1.165, 1.54) is 4.90 Å². The fourth-order valence-electron chi connectivity index (χ4n) is 1.36. The summed E-state index contributed by atoms with van der Waals surface area (Å²) in [5, 5.41) is 8.95. The number of hydrogen-bond acceptors (Lipinski definition) is 3. The highest BCUT2D eigenvalue weighted by atomic mass is 16.2. The van der Waals surface area contributed by atoms with E-state index in [1.54, 1.807) is 26.2 Å². The molecule has 0 aromatic heterocycles. The van der Waals surface area contributed by atoms with Crippen LogP contribution in [0.1, 0.15) is 16.7 Å². The largest absolute Gasteiger partial charge is 0.398 e. The molecule has 0 atom stereocenters. The first kappa shape index (κ1) is 12.1. The van der Waals surface area contributed by atoms with E-state index in [4.69, 9.17) is 11.0 Å². The highest BCUT2D eigenvalue weighted by Gasteiger charge is 2.11. The standard InChI is InChI=1S/C12H15N3O/c1-8-4-9(6-12(16)15(2)3)10(7-13)5-11(8)14/h4-5H,6,14H2,1-3H3. The van der Waals surface area contributed by atoms with Gasteiger partial charge in [-0.25, -0.2) is 0 Å². The summed E-state index contributed by atoms with van der Waals surface area (Å²) in [5.74, 6) is -0.0272. The summed E-state index contributed by atoms with van der Waals surface area (Å²) in [6.07, 6.45) is 0.233. The number of carbonyl (C=O) groups is 1. The zero-order valence-electron chi connectivity index (χ0n) is 9.74. The number of nitriles is 1. The Kier molecular flexibility index (Phi) is 3.51. The second-order valence-electron chi connectivity index (χ2n) is 3.94. The molecule has 0 aliphatic carbocycles. The normalized spacial score (nSPS) is 9.62. The lowest BCUT2D eigenvalue weighted by atomic mass is 10.0. The van der Waals surface area contributed by atoms with Crippen LogP contribution in [0.2, 0.25) is 0 Å². The van der Waals surface area contributed by atoms with Crippen molar-refractivity contribution in [3.8, 4) is 6.07 Å². The topological polar surface area (TPSA) is 70.1 Å². The Bertz CT molecular complexity index is 458. The third-order valence-corrected chi connectivity index (χ3v) is 2.45. The van der Waals surface area contributed by atoms with Gasteiger partial charge >= 0.3 is 0 Å². The molecule has 84 valence electrons. The van der Waals surface area contributed by atoms with Crippen molar-refractivity contribution in [1.82, 2.24) is 4.90 Å². The van der Waals surface area contributed by atoms with Gasteiger partial charge in [-0.15, -0.1) is 0 Å². The number of nitrogen functional groups attached to an aromatic ring is 1. The minimum atomic E-state index is -0.0272. The van der Waals surface area contributed by atoms with Gasteiger partial charge in [-0.3, -0.25) is 4.79 Å². The maximum Gasteiger partial charge on any atom is 0.226 e. The molecule has 1 amide bonds. The van der Waals surface area contributed by atoms with Gasteiger partial charge in [0.2, 0.25) is 5.91 Å². The van der Waals surface area contributed by atoms with Crippen LogP contribution in [0.25, 0.3) is 0 Å². The third kappa shape index (κ3) is 2.51. The van der Waals surface area contributed by atoms with Gasteiger partial charge in [0.1, 0.15) is 0 Å². The van der Waals surface area contributed by atoms with Gasteiger partial charge in [-0.1, -0.05) is 6.07 Å². The number of amides is 1. The number of nitrogens with two attached hydrogens (primary N) is 1. The molecule has 0 saturated heterocycles. The summed E-state index contributed by atoms with van der Waals surface area (Å²) in [6, 6.07) is 5.48. The molecule has 0 radical (unpaired) electrons. The average molecular weight is 217 g/mol. The maximum atomic E-state index is 11.6. The van der Waals surface area contributed by atoms with Crippen molar-refractivity contribution < 1.29 is 4.79 Å². The molecule has 2 N–H and O–H groups in total. The summed E-state index contributed by atoms with van der Waals surface area (Å²) < 4.78 is 0. The summed E-state index contributed by atoms with van der Waals surface area (Å²) >= 11 is 0. The van der Waals surface area contributed by atoms with Gasteiger partial charge in [-0.05, 0) is 24.1 Å². The predicted molar refractivity (Wildman–Crippen MR) is 62.7 cm³/mol. The zero-order chi connectivity index (χ0) is 12.3. The third-order valence-electron chi connectivity index (χ3n) is 2.45. The Morgan fingerprint density at radius 1 is 1.50 bits per heavy atom. The van der Waals surface area contributed by atoms with Crippen molar-refractivity contribution in [1.29, 1.82) is 5.26 Å². The summed E-state index contributed by atoms with van der Waals surface area (Å²) in [6.45, 7) is 1.86. The highest BCUT2D eigenvalue weighted by molar-refractivity contribution is 5.79. The van der Waals surface area contributed by atoms with E-state index < -0.39 is 0 Å². The van der Waals surface area contributed by atoms with Crippen LogP contribution < -0.4 is 5.73 Å². The molecule has 4 heteroatoms. The highest BCUT2D eigenvalue weighted by Crippen LogP contribution is 2.18. The summed E-state index contributed by atoms with van der Waals surface area (Å²) in [7, 11) is 3.39. The van der Waals surface area contributed by atoms with Crippen LogP contribution in [0.3, 0.4) is 0 Å². The Balaban J connectivity index is 3.09. The zero-order valence-corrected chi connectivity index (χ0v) is 9.74. The molecule has 0 bridgehead atoms. The predicted octanol–water partition coefficient (Wildman–Crippen LogP) is 1.08. The SMILES string of the molecule is Cc1cc(CC(=O)N(C)C)c(C#N)cc1N. The van der Waals surface area contributed by atoms with Crippen molar-refractivity contribution in [3.63, 3.8) is 0 Å². The lowest BCUT2D eigenvalue weighted by Crippen LogP contribution is -2.24. The minimum absolute atomic E-state index is 0.0272. The smallest absolute Gasteiger partial charge is 0.226 e. The fraction of sp³-hybridized carbons (Fsp3) is 0.333. The molecular weight excluding hydrogens is 202 g/mol. The van der Waals surface area contributed by atoms with Crippen LogP contribution in [0, 0.1) is 18.3 Å². The number of carbonyl (C=O) groups excluding carboxylic acids is 1. The van der Waals surface area contributed by atoms with E-state index in [0.29, 0.717) is 11.3 Å². The van der Waals surface area contributed by atoms with Gasteiger partial charge < -0.3 is 10.6 Å². The Morgan fingerprint density at radius 2 is 2.12 bits per heavy atom. The summed E-state index contributed by atoms with van der Waals surface area (Å²) in [4.78, 5) is 13.1. The fourth-order valence-corrected chi connectivity index (χ4v) is 1.36. The summed E-state index contributed by atoms with van der Waals surface area (Å²) in [5.41, 5.74) is 8.38. The van der Waals surface area contributed by atoms with Gasteiger partial charge in [0.15, 0.2) is 0 Å². The van der Waals surface area contributed by atoms with E-state index in [0.717, 1.165) is 11.1 Å². The molecule has 1 aromatic rings. The van der Waals surface area contributed by atoms with Crippen LogP contribution >= 0.6 is 0 Å². The molecular formula is C12H15N3O. The van der Waals surface area contributed by atoms with Crippen molar-refractivity contribution in [2.45, 2.75) is 13.3 Å². The minimum Gasteiger partial charge on any atom is -0.398 e. The number of benzene rings is 1. The van der Waals surface area contributed by atoms with Crippen LogP contribution in [-0.4, -0.2) is 24.9 Å². The van der Waals surface area contributed by atoms with Crippen molar-refractivity contribution in [2.75, 3.05) is 19.8 Å². The van der Waals surface area contributed by atoms with Crippen LogP contribution in [0.4, 0.5) is 5.69 Å². The molecule has 1 rings (SSSR count). The monoisotopic (exact) mass is 217 g/mol. The molecule has 4 nitrogen and oxygen atoms in total. The average Bonchev–Trinajstić information content (AvgIpc) is 2.22. The number of anilines is 1. The van der Waals surface area contributed by atoms with Crippen molar-refractivity contribution >= 4 is 11.6 Å². The van der Waals surface area contributed by atoms with E-state index in [9.17, 15) is 4.79 Å². The molecule has 1 aromatic carbocycles. The number of likely N-dealkylation sites (N-methyl/N-ethyl adjacent to an activating group) is 1. The van der Waals surface area contributed by atoms with Gasteiger partial charge in [0.25, 0.3) is 0 Å². The molecule has 0 unspecified atom stereocenters. The van der Waals surface area contributed by atoms with Crippen LogP contribution in [-0.2, 0) is 11.2 Å². The van der Waals surface area contributed by atoms with Crippen molar-refractivity contribution in [2.24, 2.45) is 0 Å². The number of nitrogens with zero attached hydrogens (tertiary/aromatic N) is 2. The number of aryl methyl sites for hydroxylation is 1. The number of rotatable bonds is 2. The molecule has 0 aliphatic heterocycles. The lowest BCUT2D eigenvalue weighted by Gasteiger charge is -2.12. The van der Waals surface area contributed by atoms with Crippen LogP contribution in [0.15, 0.2) is 12.1 Å². The molecule has 0 spiro atoms. The van der Waals surface area contributed by atoms with Gasteiger partial charge in [-0.2, -0.15) is 5.26 Å². The van der Waals surface area contributed by atoms with Gasteiger partial charge in [0, 0.05) is 19.8 Å². The van der Waals surface area contributed by atoms with Gasteiger partial charge in [0.05, 0.1) is 18.1 Å². The Labute approximate surface area is 95.3 Å². The lowest BCUT2D eigenvalue weighted by molar-refractivity contribution is -0.127. The van der Waals surface area contributed by atoms with E-state index >= 15 is 0 Å². The quantitative estimate of drug-likeness (QED) is 0.753. The second kappa shape index (κ2) is 4.67. The Morgan fingerprint density at radius 3 is 2.62 bits per heavy atom. The molecule has 0 heterocycles. The first-order valence-electron chi connectivity index (χ1n) is 4.95. The Hall–Kier alpha value is -2.02. The first-order valence-corrected chi connectivity index (χ1v) is 4.95. The first-order chi connectivity index (χ1) is 7.45. The maximum absolute atomic E-state index is 11.6. The molecule has 0 aliphatic rings. The van der Waals surface area contributed by atoms with Crippen LogP contribution in [0.5, 0.6) is 0 Å². The van der Waals surface area contributed by atoms with E-state index in [-0.39, 0.29) is 12.3 Å². The molecule has 16 heavy (non-hydrogen) atoms. The van der Waals surface area contributed by atoms with E-state index in [1.807, 2.05) is 6.92 Å². The molecule has 0 saturated carbocycles. The van der Waals surface area contributed by atoms with E-state index in [2.05, 4.69) is 6.07 Å². The number of hydrogen-bond donors (Lipinski definition) is 1. The second-order valence-corrected chi connectivity index (χ2v) is 3.94. The van der Waals surface area contributed by atoms with Crippen molar-refractivity contribution in [3.05, 3.63) is 28.8 Å². The molecule has 0 fully saturated rings.